The van der Waals surface area contributed by atoms with Gasteiger partial charge >= 0.3 is 0 Å². The first-order valence-corrected chi connectivity index (χ1v) is 5.65. The number of phenols is 1. The topological polar surface area (TPSA) is 80.4 Å². The molecule has 0 saturated heterocycles. The minimum Gasteiger partial charge on any atom is -0.507 e. The van der Waals surface area contributed by atoms with E-state index < -0.39 is 16.5 Å². The standard InChI is InChI=1S/C13H8ClNO4/c14-11-4-2-1-3-9(11)13(17)10-6-5-8(15(18)19)7-12(10)16/h1-7,16H. The van der Waals surface area contributed by atoms with E-state index in [0.29, 0.717) is 0 Å². The fourth-order valence-corrected chi connectivity index (χ4v) is 1.84. The second-order valence-corrected chi connectivity index (χ2v) is 4.17. The zero-order valence-electron chi connectivity index (χ0n) is 9.54. The molecule has 0 aromatic heterocycles. The summed E-state index contributed by atoms with van der Waals surface area (Å²) in [6.45, 7) is 0. The van der Waals surface area contributed by atoms with Gasteiger partial charge in [0.2, 0.25) is 0 Å². The number of phenolic OH excluding ortho intramolecular Hbond substituents is 1. The smallest absolute Gasteiger partial charge is 0.273 e. The van der Waals surface area contributed by atoms with Crippen molar-refractivity contribution in [2.45, 2.75) is 0 Å². The normalized spacial score (nSPS) is 10.2. The lowest BCUT2D eigenvalue weighted by Gasteiger charge is -2.05. The van der Waals surface area contributed by atoms with Crippen LogP contribution in [0.5, 0.6) is 5.75 Å². The summed E-state index contributed by atoms with van der Waals surface area (Å²) in [7, 11) is 0. The van der Waals surface area contributed by atoms with Crippen LogP contribution in [-0.2, 0) is 0 Å². The number of aromatic hydroxyl groups is 1. The highest BCUT2D eigenvalue weighted by Gasteiger charge is 2.18. The van der Waals surface area contributed by atoms with Crippen LogP contribution in [0, 0.1) is 10.1 Å². The molecule has 6 heteroatoms. The van der Waals surface area contributed by atoms with Crippen molar-refractivity contribution in [3.63, 3.8) is 0 Å². The number of non-ortho nitro benzene ring substituents is 1. The fourth-order valence-electron chi connectivity index (χ4n) is 1.62. The molecule has 0 unspecified atom stereocenters. The third-order valence-electron chi connectivity index (χ3n) is 2.56. The number of halogens is 1. The molecule has 0 aliphatic rings. The van der Waals surface area contributed by atoms with Gasteiger partial charge in [-0.05, 0) is 18.2 Å². The quantitative estimate of drug-likeness (QED) is 0.531. The second-order valence-electron chi connectivity index (χ2n) is 3.77. The molecular weight excluding hydrogens is 270 g/mol. The number of ketones is 1. The van der Waals surface area contributed by atoms with Crippen molar-refractivity contribution >= 4 is 23.1 Å². The van der Waals surface area contributed by atoms with Crippen LogP contribution in [0.3, 0.4) is 0 Å². The number of benzene rings is 2. The number of nitro groups is 1. The summed E-state index contributed by atoms with van der Waals surface area (Å²) in [5.41, 5.74) is -0.0831. The first-order valence-electron chi connectivity index (χ1n) is 5.27. The first kappa shape index (κ1) is 13.0. The number of rotatable bonds is 3. The highest BCUT2D eigenvalue weighted by molar-refractivity contribution is 6.35. The van der Waals surface area contributed by atoms with Gasteiger partial charge in [-0.1, -0.05) is 23.7 Å². The SMILES string of the molecule is O=C(c1ccc([N+](=O)[O-])cc1O)c1ccccc1Cl. The lowest BCUT2D eigenvalue weighted by Crippen LogP contribution is -2.03. The van der Waals surface area contributed by atoms with Crippen LogP contribution in [0.25, 0.3) is 0 Å². The van der Waals surface area contributed by atoms with E-state index in [9.17, 15) is 20.0 Å². The van der Waals surface area contributed by atoms with Crippen LogP contribution in [0.2, 0.25) is 5.02 Å². The van der Waals surface area contributed by atoms with E-state index in [-0.39, 0.29) is 21.8 Å². The number of carbonyl (C=O) groups is 1. The van der Waals surface area contributed by atoms with Crippen molar-refractivity contribution in [2.24, 2.45) is 0 Å². The molecule has 19 heavy (non-hydrogen) atoms. The summed E-state index contributed by atoms with van der Waals surface area (Å²) in [4.78, 5) is 22.1. The van der Waals surface area contributed by atoms with Gasteiger partial charge in [-0.25, -0.2) is 0 Å². The molecule has 0 aliphatic heterocycles. The number of hydrogen-bond acceptors (Lipinski definition) is 4. The average molecular weight is 278 g/mol. The minimum atomic E-state index is -0.649. The van der Waals surface area contributed by atoms with Crippen molar-refractivity contribution in [1.29, 1.82) is 0 Å². The summed E-state index contributed by atoms with van der Waals surface area (Å²) < 4.78 is 0. The zero-order valence-corrected chi connectivity index (χ0v) is 10.3. The third-order valence-corrected chi connectivity index (χ3v) is 2.88. The predicted octanol–water partition coefficient (Wildman–Crippen LogP) is 3.18. The van der Waals surface area contributed by atoms with Crippen LogP contribution in [-0.4, -0.2) is 15.8 Å². The Morgan fingerprint density at radius 3 is 2.42 bits per heavy atom. The Balaban J connectivity index is 2.46. The Hall–Kier alpha value is -2.40. The molecule has 96 valence electrons. The van der Waals surface area contributed by atoms with Gasteiger partial charge in [0.05, 0.1) is 21.6 Å². The van der Waals surface area contributed by atoms with Gasteiger partial charge in [0.1, 0.15) is 5.75 Å². The monoisotopic (exact) mass is 277 g/mol. The second kappa shape index (κ2) is 5.07. The highest BCUT2D eigenvalue weighted by atomic mass is 35.5. The summed E-state index contributed by atoms with van der Waals surface area (Å²) in [6.07, 6.45) is 0. The first-order chi connectivity index (χ1) is 9.00. The van der Waals surface area contributed by atoms with Crippen LogP contribution < -0.4 is 0 Å². The van der Waals surface area contributed by atoms with Crippen molar-refractivity contribution < 1.29 is 14.8 Å². The average Bonchev–Trinajstić information content (AvgIpc) is 2.38. The lowest BCUT2D eigenvalue weighted by molar-refractivity contribution is -0.384. The summed E-state index contributed by atoms with van der Waals surface area (Å²) in [6, 6.07) is 9.69. The summed E-state index contributed by atoms with van der Waals surface area (Å²) >= 11 is 5.89. The van der Waals surface area contributed by atoms with Gasteiger partial charge in [0.25, 0.3) is 5.69 Å². The Morgan fingerprint density at radius 2 is 1.84 bits per heavy atom. The highest BCUT2D eigenvalue weighted by Crippen LogP contribution is 2.27. The van der Waals surface area contributed by atoms with Crippen molar-refractivity contribution in [1.82, 2.24) is 0 Å². The van der Waals surface area contributed by atoms with Gasteiger partial charge < -0.3 is 5.11 Å². The molecular formula is C13H8ClNO4. The molecule has 0 amide bonds. The Kier molecular flexibility index (Phi) is 3.48. The Morgan fingerprint density at radius 1 is 1.16 bits per heavy atom. The van der Waals surface area contributed by atoms with Gasteiger partial charge in [0, 0.05) is 11.6 Å². The van der Waals surface area contributed by atoms with E-state index in [0.717, 1.165) is 12.1 Å². The van der Waals surface area contributed by atoms with Crippen molar-refractivity contribution in [2.75, 3.05) is 0 Å². The van der Waals surface area contributed by atoms with Gasteiger partial charge in [-0.15, -0.1) is 0 Å². The van der Waals surface area contributed by atoms with Crippen molar-refractivity contribution in [3.05, 3.63) is 68.7 Å². The molecule has 2 aromatic carbocycles. The Bertz CT molecular complexity index is 669. The molecule has 0 fully saturated rings. The largest absolute Gasteiger partial charge is 0.507 e. The summed E-state index contributed by atoms with van der Waals surface area (Å²) in [5, 5.41) is 20.5. The van der Waals surface area contributed by atoms with E-state index in [4.69, 9.17) is 11.6 Å². The van der Waals surface area contributed by atoms with Crippen molar-refractivity contribution in [3.8, 4) is 5.75 Å². The fraction of sp³-hybridized carbons (Fsp3) is 0. The molecule has 0 aliphatic carbocycles. The molecule has 2 rings (SSSR count). The molecule has 5 nitrogen and oxygen atoms in total. The number of nitro benzene ring substituents is 1. The lowest BCUT2D eigenvalue weighted by atomic mass is 10.0. The molecule has 0 heterocycles. The van der Waals surface area contributed by atoms with E-state index in [2.05, 4.69) is 0 Å². The van der Waals surface area contributed by atoms with Crippen LogP contribution in [0.4, 0.5) is 5.69 Å². The molecule has 2 aromatic rings. The maximum Gasteiger partial charge on any atom is 0.273 e. The van der Waals surface area contributed by atoms with Gasteiger partial charge in [0.15, 0.2) is 5.78 Å². The molecule has 0 radical (unpaired) electrons. The molecule has 1 N–H and O–H groups in total. The third kappa shape index (κ3) is 2.56. The minimum absolute atomic E-state index is 0.0290. The van der Waals surface area contributed by atoms with E-state index in [1.165, 1.54) is 12.1 Å². The van der Waals surface area contributed by atoms with E-state index in [1.807, 2.05) is 0 Å². The zero-order chi connectivity index (χ0) is 14.0. The van der Waals surface area contributed by atoms with Crippen LogP contribution in [0.15, 0.2) is 42.5 Å². The van der Waals surface area contributed by atoms with E-state index in [1.54, 1.807) is 18.2 Å². The van der Waals surface area contributed by atoms with Crippen LogP contribution >= 0.6 is 11.6 Å². The maximum atomic E-state index is 12.2. The van der Waals surface area contributed by atoms with Gasteiger partial charge in [-0.2, -0.15) is 0 Å². The molecule has 0 bridgehead atoms. The summed E-state index contributed by atoms with van der Waals surface area (Å²) in [5.74, 6) is -0.933. The molecule has 0 saturated carbocycles. The Labute approximate surface area is 113 Å². The number of nitrogens with zero attached hydrogens (tertiary/aromatic N) is 1. The number of hydrogen-bond donors (Lipinski definition) is 1. The van der Waals surface area contributed by atoms with Gasteiger partial charge in [-0.3, -0.25) is 14.9 Å². The maximum absolute atomic E-state index is 12.2. The van der Waals surface area contributed by atoms with Crippen LogP contribution in [0.1, 0.15) is 15.9 Å². The number of carbonyl (C=O) groups excluding carboxylic acids is 1. The van der Waals surface area contributed by atoms with E-state index >= 15 is 0 Å². The molecule has 0 atom stereocenters. The predicted molar refractivity (Wildman–Crippen MR) is 69.6 cm³/mol. The molecule has 0 spiro atoms.